The minimum atomic E-state index is 0.0654. The van der Waals surface area contributed by atoms with E-state index in [9.17, 15) is 4.79 Å². The lowest BCUT2D eigenvalue weighted by Gasteiger charge is -2.15. The molecule has 1 saturated heterocycles. The molecule has 4 heteroatoms. The molecule has 0 unspecified atom stereocenters. The number of carbonyl (C=O) groups excluding carboxylic acids is 1. The van der Waals surface area contributed by atoms with E-state index in [2.05, 4.69) is 10.2 Å². The Morgan fingerprint density at radius 2 is 2.11 bits per heavy atom. The molecule has 1 aliphatic heterocycles. The molecular formula is C14H21N3O. The van der Waals surface area contributed by atoms with Crippen LogP contribution in [0.4, 0.5) is 11.4 Å². The van der Waals surface area contributed by atoms with Gasteiger partial charge in [-0.2, -0.15) is 0 Å². The molecule has 0 radical (unpaired) electrons. The van der Waals surface area contributed by atoms with Crippen molar-refractivity contribution in [3.8, 4) is 0 Å². The Hall–Kier alpha value is -1.55. The predicted octanol–water partition coefficient (Wildman–Crippen LogP) is 2.00. The monoisotopic (exact) mass is 247 g/mol. The number of likely N-dealkylation sites (tertiary alicyclic amines) is 1. The van der Waals surface area contributed by atoms with Gasteiger partial charge in [-0.25, -0.2) is 0 Å². The molecule has 0 aliphatic carbocycles. The Bertz CT molecular complexity index is 425. The maximum absolute atomic E-state index is 11.9. The minimum Gasteiger partial charge on any atom is -0.398 e. The molecule has 4 nitrogen and oxygen atoms in total. The van der Waals surface area contributed by atoms with Crippen LogP contribution in [0.2, 0.25) is 0 Å². The maximum atomic E-state index is 11.9. The van der Waals surface area contributed by atoms with Gasteiger partial charge in [0.1, 0.15) is 0 Å². The molecular weight excluding hydrogens is 226 g/mol. The zero-order chi connectivity index (χ0) is 13.0. The van der Waals surface area contributed by atoms with Gasteiger partial charge < -0.3 is 16.0 Å². The Kier molecular flexibility index (Phi) is 4.20. The highest BCUT2D eigenvalue weighted by molar-refractivity contribution is 5.92. The highest BCUT2D eigenvalue weighted by Gasteiger charge is 2.13. The SMILES string of the molecule is Cc1c(N)cccc1NC(=O)CCN1CCCC1. The zero-order valence-corrected chi connectivity index (χ0v) is 10.9. The molecule has 1 aromatic rings. The first kappa shape index (κ1) is 12.9. The molecule has 1 fully saturated rings. The number of nitrogens with one attached hydrogen (secondary N) is 1. The fourth-order valence-electron chi connectivity index (χ4n) is 2.27. The second-order valence-electron chi connectivity index (χ2n) is 4.87. The summed E-state index contributed by atoms with van der Waals surface area (Å²) in [7, 11) is 0. The first-order valence-electron chi connectivity index (χ1n) is 6.54. The van der Waals surface area contributed by atoms with Gasteiger partial charge >= 0.3 is 0 Å². The summed E-state index contributed by atoms with van der Waals surface area (Å²) in [5.74, 6) is 0.0654. The highest BCUT2D eigenvalue weighted by Crippen LogP contribution is 2.20. The lowest BCUT2D eigenvalue weighted by Crippen LogP contribution is -2.25. The van der Waals surface area contributed by atoms with Gasteiger partial charge in [-0.1, -0.05) is 6.07 Å². The number of anilines is 2. The topological polar surface area (TPSA) is 58.4 Å². The summed E-state index contributed by atoms with van der Waals surface area (Å²) in [4.78, 5) is 14.2. The number of carbonyl (C=O) groups is 1. The van der Waals surface area contributed by atoms with Crippen molar-refractivity contribution >= 4 is 17.3 Å². The van der Waals surface area contributed by atoms with E-state index in [0.29, 0.717) is 12.1 Å². The van der Waals surface area contributed by atoms with E-state index in [0.717, 1.165) is 30.9 Å². The van der Waals surface area contributed by atoms with Crippen LogP contribution < -0.4 is 11.1 Å². The fraction of sp³-hybridized carbons (Fsp3) is 0.500. The highest BCUT2D eigenvalue weighted by atomic mass is 16.1. The Balaban J connectivity index is 1.84. The summed E-state index contributed by atoms with van der Waals surface area (Å²) >= 11 is 0. The van der Waals surface area contributed by atoms with Crippen LogP contribution in [0, 0.1) is 6.92 Å². The molecule has 1 aliphatic rings. The van der Waals surface area contributed by atoms with Gasteiger partial charge in [0.2, 0.25) is 5.91 Å². The molecule has 1 amide bonds. The second kappa shape index (κ2) is 5.87. The molecule has 0 spiro atoms. The zero-order valence-electron chi connectivity index (χ0n) is 10.9. The van der Waals surface area contributed by atoms with E-state index in [1.165, 1.54) is 12.8 Å². The van der Waals surface area contributed by atoms with E-state index in [1.807, 2.05) is 25.1 Å². The van der Waals surface area contributed by atoms with E-state index in [4.69, 9.17) is 5.73 Å². The average molecular weight is 247 g/mol. The van der Waals surface area contributed by atoms with Crippen LogP contribution in [0.3, 0.4) is 0 Å². The number of hydrogen-bond donors (Lipinski definition) is 2. The van der Waals surface area contributed by atoms with Crippen molar-refractivity contribution in [2.45, 2.75) is 26.2 Å². The molecule has 3 N–H and O–H groups in total. The third kappa shape index (κ3) is 3.23. The number of hydrogen-bond acceptors (Lipinski definition) is 3. The molecule has 98 valence electrons. The summed E-state index contributed by atoms with van der Waals surface area (Å²) in [6, 6.07) is 5.59. The maximum Gasteiger partial charge on any atom is 0.225 e. The van der Waals surface area contributed by atoms with Crippen molar-refractivity contribution in [3.63, 3.8) is 0 Å². The number of nitrogens with two attached hydrogens (primary N) is 1. The molecule has 0 saturated carbocycles. The van der Waals surface area contributed by atoms with Gasteiger partial charge in [0.25, 0.3) is 0 Å². The van der Waals surface area contributed by atoms with Crippen LogP contribution >= 0.6 is 0 Å². The summed E-state index contributed by atoms with van der Waals surface area (Å²) in [6.07, 6.45) is 3.07. The number of amides is 1. The molecule has 0 atom stereocenters. The second-order valence-corrected chi connectivity index (χ2v) is 4.87. The van der Waals surface area contributed by atoms with Crippen LogP contribution in [-0.4, -0.2) is 30.4 Å². The van der Waals surface area contributed by atoms with Crippen molar-refractivity contribution in [2.24, 2.45) is 0 Å². The fourth-order valence-corrected chi connectivity index (χ4v) is 2.27. The number of nitrogen functional groups attached to an aromatic ring is 1. The summed E-state index contributed by atoms with van der Waals surface area (Å²) in [5.41, 5.74) is 8.28. The van der Waals surface area contributed by atoms with Gasteiger partial charge in [-0.15, -0.1) is 0 Å². The lowest BCUT2D eigenvalue weighted by molar-refractivity contribution is -0.116. The van der Waals surface area contributed by atoms with E-state index < -0.39 is 0 Å². The molecule has 1 heterocycles. The predicted molar refractivity (Wildman–Crippen MR) is 74.5 cm³/mol. The van der Waals surface area contributed by atoms with Crippen LogP contribution in [-0.2, 0) is 4.79 Å². The Morgan fingerprint density at radius 3 is 2.83 bits per heavy atom. The molecule has 0 bridgehead atoms. The van der Waals surface area contributed by atoms with Gasteiger partial charge in [0.05, 0.1) is 0 Å². The van der Waals surface area contributed by atoms with Crippen LogP contribution in [0.25, 0.3) is 0 Å². The summed E-state index contributed by atoms with van der Waals surface area (Å²) in [6.45, 7) is 5.04. The summed E-state index contributed by atoms with van der Waals surface area (Å²) < 4.78 is 0. The van der Waals surface area contributed by atoms with Crippen LogP contribution in [0.1, 0.15) is 24.8 Å². The summed E-state index contributed by atoms with van der Waals surface area (Å²) in [5, 5.41) is 2.93. The Morgan fingerprint density at radius 1 is 1.39 bits per heavy atom. The first-order chi connectivity index (χ1) is 8.66. The van der Waals surface area contributed by atoms with E-state index >= 15 is 0 Å². The van der Waals surface area contributed by atoms with Crippen molar-refractivity contribution in [2.75, 3.05) is 30.7 Å². The van der Waals surface area contributed by atoms with Crippen LogP contribution in [0.5, 0.6) is 0 Å². The molecule has 18 heavy (non-hydrogen) atoms. The minimum absolute atomic E-state index is 0.0654. The van der Waals surface area contributed by atoms with Crippen molar-refractivity contribution in [3.05, 3.63) is 23.8 Å². The molecule has 1 aromatic carbocycles. The Labute approximate surface area is 108 Å². The third-order valence-corrected chi connectivity index (χ3v) is 3.50. The molecule has 2 rings (SSSR count). The van der Waals surface area contributed by atoms with Crippen molar-refractivity contribution < 1.29 is 4.79 Å². The average Bonchev–Trinajstić information content (AvgIpc) is 2.86. The van der Waals surface area contributed by atoms with Crippen molar-refractivity contribution in [1.29, 1.82) is 0 Å². The van der Waals surface area contributed by atoms with Gasteiger partial charge in [-0.05, 0) is 50.6 Å². The number of rotatable bonds is 4. The van der Waals surface area contributed by atoms with Gasteiger partial charge in [0.15, 0.2) is 0 Å². The number of benzene rings is 1. The quantitative estimate of drug-likeness (QED) is 0.800. The number of nitrogens with zero attached hydrogens (tertiary/aromatic N) is 1. The molecule has 0 aromatic heterocycles. The van der Waals surface area contributed by atoms with E-state index in [-0.39, 0.29) is 5.91 Å². The van der Waals surface area contributed by atoms with Gasteiger partial charge in [-0.3, -0.25) is 4.79 Å². The van der Waals surface area contributed by atoms with Crippen molar-refractivity contribution in [1.82, 2.24) is 4.90 Å². The van der Waals surface area contributed by atoms with E-state index in [1.54, 1.807) is 0 Å². The lowest BCUT2D eigenvalue weighted by atomic mass is 10.1. The smallest absolute Gasteiger partial charge is 0.225 e. The largest absolute Gasteiger partial charge is 0.398 e. The third-order valence-electron chi connectivity index (χ3n) is 3.50. The normalized spacial score (nSPS) is 15.8. The standard InChI is InChI=1S/C14H21N3O/c1-11-12(15)5-4-6-13(11)16-14(18)7-10-17-8-2-3-9-17/h4-6H,2-3,7-10,15H2,1H3,(H,16,18). The van der Waals surface area contributed by atoms with Crippen LogP contribution in [0.15, 0.2) is 18.2 Å². The van der Waals surface area contributed by atoms with Gasteiger partial charge in [0, 0.05) is 24.3 Å². The first-order valence-corrected chi connectivity index (χ1v) is 6.54.